The molecule has 0 aromatic rings. The summed E-state index contributed by atoms with van der Waals surface area (Å²) in [6.07, 6.45) is 2.99. The summed E-state index contributed by atoms with van der Waals surface area (Å²) >= 11 is 0. The average molecular weight is 199 g/mol. The third-order valence-corrected chi connectivity index (χ3v) is 2.95. The van der Waals surface area contributed by atoms with Gasteiger partial charge in [0.15, 0.2) is 0 Å². The fourth-order valence-corrected chi connectivity index (χ4v) is 2.22. The molecule has 82 valence electrons. The van der Waals surface area contributed by atoms with Crippen LogP contribution in [-0.2, 0) is 4.79 Å². The van der Waals surface area contributed by atoms with Crippen molar-refractivity contribution in [3.63, 3.8) is 0 Å². The Morgan fingerprint density at radius 2 is 2.29 bits per heavy atom. The molecule has 0 radical (unpaired) electrons. The highest BCUT2D eigenvalue weighted by molar-refractivity contribution is 5.70. The largest absolute Gasteiger partial charge is 0.481 e. The summed E-state index contributed by atoms with van der Waals surface area (Å²) in [4.78, 5) is 11.1. The minimum atomic E-state index is -0.618. The van der Waals surface area contributed by atoms with Crippen LogP contribution in [0.3, 0.4) is 0 Å². The Balaban J connectivity index is 2.51. The molecule has 0 saturated carbocycles. The zero-order valence-electron chi connectivity index (χ0n) is 9.12. The first-order valence-electron chi connectivity index (χ1n) is 5.54. The summed E-state index contributed by atoms with van der Waals surface area (Å²) in [5, 5.41) is 12.4. The second-order valence-electron chi connectivity index (χ2n) is 4.68. The van der Waals surface area contributed by atoms with Crippen molar-refractivity contribution < 1.29 is 9.90 Å². The van der Waals surface area contributed by atoms with Crippen molar-refractivity contribution in [2.24, 2.45) is 17.8 Å². The maximum Gasteiger partial charge on any atom is 0.306 e. The molecule has 1 rings (SSSR count). The minimum Gasteiger partial charge on any atom is -0.481 e. The van der Waals surface area contributed by atoms with Gasteiger partial charge in [-0.05, 0) is 44.2 Å². The third kappa shape index (κ3) is 3.29. The van der Waals surface area contributed by atoms with Crippen LogP contribution in [0.4, 0.5) is 0 Å². The number of hydrogen-bond donors (Lipinski definition) is 2. The number of rotatable bonds is 4. The van der Waals surface area contributed by atoms with E-state index < -0.39 is 5.97 Å². The van der Waals surface area contributed by atoms with E-state index in [1.807, 2.05) is 0 Å². The van der Waals surface area contributed by atoms with Crippen molar-refractivity contribution in [1.29, 1.82) is 0 Å². The molecule has 0 bridgehead atoms. The van der Waals surface area contributed by atoms with Gasteiger partial charge in [0.25, 0.3) is 0 Å². The van der Waals surface area contributed by atoms with Crippen LogP contribution in [0.25, 0.3) is 0 Å². The normalized spacial score (nSPS) is 24.9. The molecule has 2 atom stereocenters. The fourth-order valence-electron chi connectivity index (χ4n) is 2.22. The molecule has 0 aromatic carbocycles. The first-order valence-corrected chi connectivity index (χ1v) is 5.54. The van der Waals surface area contributed by atoms with E-state index in [1.165, 1.54) is 0 Å². The number of hydrogen-bond acceptors (Lipinski definition) is 2. The maximum absolute atomic E-state index is 11.1. The number of carboxylic acids is 1. The topological polar surface area (TPSA) is 49.3 Å². The SMILES string of the molecule is CC(C)CC(C(=O)O)C1CCCNC1. The van der Waals surface area contributed by atoms with E-state index in [2.05, 4.69) is 19.2 Å². The predicted molar refractivity (Wildman–Crippen MR) is 56.2 cm³/mol. The Hall–Kier alpha value is -0.570. The van der Waals surface area contributed by atoms with E-state index in [1.54, 1.807) is 0 Å². The monoisotopic (exact) mass is 199 g/mol. The van der Waals surface area contributed by atoms with Gasteiger partial charge in [0.2, 0.25) is 0 Å². The van der Waals surface area contributed by atoms with Crippen molar-refractivity contribution in [2.45, 2.75) is 33.1 Å². The molecule has 14 heavy (non-hydrogen) atoms. The van der Waals surface area contributed by atoms with Crippen LogP contribution in [0.1, 0.15) is 33.1 Å². The number of aliphatic carboxylic acids is 1. The molecule has 0 aliphatic carbocycles. The van der Waals surface area contributed by atoms with Gasteiger partial charge in [0.05, 0.1) is 5.92 Å². The van der Waals surface area contributed by atoms with E-state index in [4.69, 9.17) is 5.11 Å². The Morgan fingerprint density at radius 1 is 1.57 bits per heavy atom. The summed E-state index contributed by atoms with van der Waals surface area (Å²) < 4.78 is 0. The Bertz CT molecular complexity index is 186. The molecule has 2 unspecified atom stereocenters. The Kier molecular flexibility index (Phi) is 4.39. The zero-order valence-corrected chi connectivity index (χ0v) is 9.12. The van der Waals surface area contributed by atoms with Crippen molar-refractivity contribution in [2.75, 3.05) is 13.1 Å². The summed E-state index contributed by atoms with van der Waals surface area (Å²) in [6.45, 7) is 6.10. The molecule has 1 heterocycles. The smallest absolute Gasteiger partial charge is 0.306 e. The summed E-state index contributed by atoms with van der Waals surface area (Å²) in [7, 11) is 0. The lowest BCUT2D eigenvalue weighted by atomic mass is 9.81. The molecular formula is C11H21NO2. The first kappa shape index (κ1) is 11.5. The Morgan fingerprint density at radius 3 is 2.71 bits per heavy atom. The highest BCUT2D eigenvalue weighted by Gasteiger charge is 2.29. The zero-order chi connectivity index (χ0) is 10.6. The van der Waals surface area contributed by atoms with Crippen LogP contribution in [0.5, 0.6) is 0 Å². The van der Waals surface area contributed by atoms with E-state index >= 15 is 0 Å². The van der Waals surface area contributed by atoms with Gasteiger partial charge >= 0.3 is 5.97 Å². The number of piperidine rings is 1. The third-order valence-electron chi connectivity index (χ3n) is 2.95. The van der Waals surface area contributed by atoms with Crippen molar-refractivity contribution >= 4 is 5.97 Å². The molecule has 1 saturated heterocycles. The van der Waals surface area contributed by atoms with E-state index in [0.717, 1.165) is 32.4 Å². The van der Waals surface area contributed by atoms with E-state index in [9.17, 15) is 4.79 Å². The molecule has 0 aromatic heterocycles. The van der Waals surface area contributed by atoms with Gasteiger partial charge in [-0.2, -0.15) is 0 Å². The van der Waals surface area contributed by atoms with Crippen LogP contribution >= 0.6 is 0 Å². The standard InChI is InChI=1S/C11H21NO2/c1-8(2)6-10(11(13)14)9-4-3-5-12-7-9/h8-10,12H,3-7H2,1-2H3,(H,13,14). The molecule has 1 aliphatic heterocycles. The molecule has 1 fully saturated rings. The van der Waals surface area contributed by atoms with Crippen molar-refractivity contribution in [1.82, 2.24) is 5.32 Å². The quantitative estimate of drug-likeness (QED) is 0.725. The molecular weight excluding hydrogens is 178 g/mol. The molecule has 1 aliphatic rings. The summed E-state index contributed by atoms with van der Waals surface area (Å²) in [6, 6.07) is 0. The highest BCUT2D eigenvalue weighted by atomic mass is 16.4. The highest BCUT2D eigenvalue weighted by Crippen LogP contribution is 2.26. The lowest BCUT2D eigenvalue weighted by Gasteiger charge is -2.29. The van der Waals surface area contributed by atoms with Crippen LogP contribution < -0.4 is 5.32 Å². The van der Waals surface area contributed by atoms with Crippen LogP contribution in [0, 0.1) is 17.8 Å². The predicted octanol–water partition coefficient (Wildman–Crippen LogP) is 1.73. The van der Waals surface area contributed by atoms with Crippen LogP contribution in [0.2, 0.25) is 0 Å². The minimum absolute atomic E-state index is 0.150. The summed E-state index contributed by atoms with van der Waals surface area (Å²) in [5.74, 6) is 0.0388. The van der Waals surface area contributed by atoms with Crippen molar-refractivity contribution in [3.05, 3.63) is 0 Å². The molecule has 0 amide bonds. The molecule has 0 spiro atoms. The first-order chi connectivity index (χ1) is 6.61. The van der Waals surface area contributed by atoms with Gasteiger partial charge in [-0.25, -0.2) is 0 Å². The lowest BCUT2D eigenvalue weighted by molar-refractivity contribution is -0.144. The summed E-state index contributed by atoms with van der Waals surface area (Å²) in [5.41, 5.74) is 0. The number of carbonyl (C=O) groups is 1. The maximum atomic E-state index is 11.1. The van der Waals surface area contributed by atoms with Gasteiger partial charge in [-0.3, -0.25) is 4.79 Å². The van der Waals surface area contributed by atoms with E-state index in [-0.39, 0.29) is 5.92 Å². The second-order valence-corrected chi connectivity index (χ2v) is 4.68. The van der Waals surface area contributed by atoms with Gasteiger partial charge in [0.1, 0.15) is 0 Å². The fraction of sp³-hybridized carbons (Fsp3) is 0.909. The second kappa shape index (κ2) is 5.35. The molecule has 2 N–H and O–H groups in total. The van der Waals surface area contributed by atoms with Crippen LogP contribution in [0.15, 0.2) is 0 Å². The molecule has 3 heteroatoms. The van der Waals surface area contributed by atoms with Crippen molar-refractivity contribution in [3.8, 4) is 0 Å². The molecule has 3 nitrogen and oxygen atoms in total. The average Bonchev–Trinajstić information content (AvgIpc) is 2.15. The number of nitrogens with one attached hydrogen (secondary N) is 1. The van der Waals surface area contributed by atoms with Gasteiger partial charge in [-0.1, -0.05) is 13.8 Å². The lowest BCUT2D eigenvalue weighted by Crippen LogP contribution is -2.37. The van der Waals surface area contributed by atoms with Gasteiger partial charge in [0, 0.05) is 0 Å². The Labute approximate surface area is 85.9 Å². The van der Waals surface area contributed by atoms with Crippen LogP contribution in [-0.4, -0.2) is 24.2 Å². The van der Waals surface area contributed by atoms with E-state index in [0.29, 0.717) is 11.8 Å². The number of carboxylic acid groups (broad SMARTS) is 1. The van der Waals surface area contributed by atoms with Gasteiger partial charge in [-0.15, -0.1) is 0 Å². The van der Waals surface area contributed by atoms with Gasteiger partial charge < -0.3 is 10.4 Å².